The van der Waals surface area contributed by atoms with Crippen molar-refractivity contribution in [2.45, 2.75) is 33.2 Å². The van der Waals surface area contributed by atoms with Gasteiger partial charge in [0.1, 0.15) is 0 Å². The molecule has 3 heteroatoms. The average Bonchev–Trinajstić information content (AvgIpc) is 2.37. The summed E-state index contributed by atoms with van der Waals surface area (Å²) in [7, 11) is 6.48. The van der Waals surface area contributed by atoms with E-state index in [0.29, 0.717) is 5.41 Å². The first-order valence-electron chi connectivity index (χ1n) is 8.06. The number of nitrogens with one attached hydrogen (secondary N) is 1. The Labute approximate surface area is 130 Å². The summed E-state index contributed by atoms with van der Waals surface area (Å²) in [6, 6.07) is 6.94. The Bertz CT molecular complexity index is 466. The molecule has 1 aliphatic rings. The lowest BCUT2D eigenvalue weighted by molar-refractivity contribution is 0.232. The van der Waals surface area contributed by atoms with Crippen LogP contribution in [-0.2, 0) is 13.0 Å². The van der Waals surface area contributed by atoms with Gasteiger partial charge in [0.2, 0.25) is 0 Å². The minimum atomic E-state index is 0.303. The molecule has 0 atom stereocenters. The Morgan fingerprint density at radius 1 is 1.29 bits per heavy atom. The number of aryl methyl sites for hydroxylation is 1. The van der Waals surface area contributed by atoms with Crippen molar-refractivity contribution in [3.63, 3.8) is 0 Å². The molecule has 1 aromatic rings. The normalized spacial score (nSPS) is 15.4. The predicted molar refractivity (Wildman–Crippen MR) is 92.1 cm³/mol. The van der Waals surface area contributed by atoms with E-state index >= 15 is 0 Å². The van der Waals surface area contributed by atoms with Gasteiger partial charge in [-0.15, -0.1) is 0 Å². The van der Waals surface area contributed by atoms with Gasteiger partial charge in [0.05, 0.1) is 0 Å². The highest BCUT2D eigenvalue weighted by molar-refractivity contribution is 5.56. The van der Waals surface area contributed by atoms with Crippen molar-refractivity contribution in [1.29, 1.82) is 0 Å². The molecular weight excluding hydrogens is 258 g/mol. The first-order valence-corrected chi connectivity index (χ1v) is 8.06. The number of benzene rings is 1. The van der Waals surface area contributed by atoms with E-state index < -0.39 is 0 Å². The molecule has 0 unspecified atom stereocenters. The van der Waals surface area contributed by atoms with Crippen LogP contribution in [0.15, 0.2) is 18.2 Å². The molecule has 1 N–H and O–H groups in total. The third-order valence-electron chi connectivity index (χ3n) is 4.17. The number of rotatable bonds is 6. The molecule has 21 heavy (non-hydrogen) atoms. The number of hydrogen-bond donors (Lipinski definition) is 1. The van der Waals surface area contributed by atoms with Gasteiger partial charge >= 0.3 is 0 Å². The van der Waals surface area contributed by atoms with Crippen molar-refractivity contribution in [2.24, 2.45) is 5.41 Å². The van der Waals surface area contributed by atoms with E-state index in [1.54, 1.807) is 0 Å². The number of hydrogen-bond acceptors (Lipinski definition) is 3. The minimum absolute atomic E-state index is 0.303. The highest BCUT2D eigenvalue weighted by atomic mass is 15.1. The topological polar surface area (TPSA) is 18.5 Å². The second kappa shape index (κ2) is 6.80. The van der Waals surface area contributed by atoms with Crippen LogP contribution >= 0.6 is 0 Å². The smallest absolute Gasteiger partial charge is 0.0396 e. The largest absolute Gasteiger partial charge is 0.374 e. The zero-order chi connectivity index (χ0) is 15.5. The number of anilines is 1. The fourth-order valence-corrected chi connectivity index (χ4v) is 3.41. The van der Waals surface area contributed by atoms with E-state index in [9.17, 15) is 0 Å². The van der Waals surface area contributed by atoms with Gasteiger partial charge in [-0.1, -0.05) is 26.0 Å². The zero-order valence-electron chi connectivity index (χ0n) is 14.4. The summed E-state index contributed by atoms with van der Waals surface area (Å²) in [6.45, 7) is 8.94. The summed E-state index contributed by atoms with van der Waals surface area (Å²) in [5, 5.41) is 3.63. The van der Waals surface area contributed by atoms with E-state index in [-0.39, 0.29) is 0 Å². The highest BCUT2D eigenvalue weighted by Crippen LogP contribution is 2.26. The van der Waals surface area contributed by atoms with Crippen molar-refractivity contribution in [3.05, 3.63) is 29.3 Å². The lowest BCUT2D eigenvalue weighted by atomic mass is 9.93. The molecule has 0 amide bonds. The molecule has 0 saturated heterocycles. The van der Waals surface area contributed by atoms with Crippen LogP contribution in [0.1, 0.15) is 31.4 Å². The molecule has 0 bridgehead atoms. The maximum Gasteiger partial charge on any atom is 0.0396 e. The van der Waals surface area contributed by atoms with Gasteiger partial charge in [0.15, 0.2) is 0 Å². The Hall–Kier alpha value is -1.06. The molecule has 1 aromatic carbocycles. The van der Waals surface area contributed by atoms with E-state index in [4.69, 9.17) is 0 Å². The molecule has 1 aliphatic heterocycles. The van der Waals surface area contributed by atoms with E-state index in [1.807, 2.05) is 0 Å². The predicted octanol–water partition coefficient (Wildman–Crippen LogP) is 2.75. The van der Waals surface area contributed by atoms with Crippen molar-refractivity contribution in [2.75, 3.05) is 45.7 Å². The number of fused-ring (bicyclic) bond motifs is 1. The second-order valence-electron chi connectivity index (χ2n) is 7.49. The summed E-state index contributed by atoms with van der Waals surface area (Å²) in [6.07, 6.45) is 2.50. The summed E-state index contributed by atoms with van der Waals surface area (Å²) < 4.78 is 0. The molecule has 2 rings (SSSR count). The zero-order valence-corrected chi connectivity index (χ0v) is 14.4. The SMILES string of the molecule is CN(C)CC(C)(C)CNCc1ccc2c(c1)CCCN2C. The quantitative estimate of drug-likeness (QED) is 0.869. The van der Waals surface area contributed by atoms with Gasteiger partial charge in [0.25, 0.3) is 0 Å². The van der Waals surface area contributed by atoms with E-state index in [2.05, 4.69) is 68.3 Å². The number of nitrogens with zero attached hydrogens (tertiary/aromatic N) is 2. The van der Waals surface area contributed by atoms with Crippen molar-refractivity contribution in [3.8, 4) is 0 Å². The van der Waals surface area contributed by atoms with Gasteiger partial charge in [-0.3, -0.25) is 0 Å². The van der Waals surface area contributed by atoms with Crippen molar-refractivity contribution >= 4 is 5.69 Å². The fraction of sp³-hybridized carbons (Fsp3) is 0.667. The van der Waals surface area contributed by atoms with Gasteiger partial charge in [-0.25, -0.2) is 0 Å². The molecule has 0 saturated carbocycles. The van der Waals surface area contributed by atoms with Crippen LogP contribution in [0.5, 0.6) is 0 Å². The third kappa shape index (κ3) is 4.72. The standard InChI is InChI=1S/C18H31N3/c1-18(2,14-20(3)4)13-19-12-15-8-9-17-16(11-15)7-6-10-21(17)5/h8-9,11,19H,6-7,10,12-14H2,1-5H3. The van der Waals surface area contributed by atoms with Crippen LogP contribution < -0.4 is 10.2 Å². The monoisotopic (exact) mass is 289 g/mol. The minimum Gasteiger partial charge on any atom is -0.374 e. The molecular formula is C18H31N3. The van der Waals surface area contributed by atoms with Crippen LogP contribution in [-0.4, -0.2) is 45.7 Å². The molecule has 0 radical (unpaired) electrons. The molecule has 0 spiro atoms. The Balaban J connectivity index is 1.89. The molecule has 0 aromatic heterocycles. The van der Waals surface area contributed by atoms with Crippen LogP contribution in [0.3, 0.4) is 0 Å². The summed E-state index contributed by atoms with van der Waals surface area (Å²) in [5.74, 6) is 0. The maximum atomic E-state index is 3.63. The van der Waals surface area contributed by atoms with E-state index in [0.717, 1.165) is 19.6 Å². The average molecular weight is 289 g/mol. The first kappa shape index (κ1) is 16.3. The van der Waals surface area contributed by atoms with E-state index in [1.165, 1.54) is 36.2 Å². The van der Waals surface area contributed by atoms with Gasteiger partial charge in [-0.2, -0.15) is 0 Å². The summed E-state index contributed by atoms with van der Waals surface area (Å²) in [4.78, 5) is 4.63. The van der Waals surface area contributed by atoms with Crippen molar-refractivity contribution in [1.82, 2.24) is 10.2 Å². The maximum absolute atomic E-state index is 3.63. The molecule has 118 valence electrons. The lowest BCUT2D eigenvalue weighted by Crippen LogP contribution is -2.37. The highest BCUT2D eigenvalue weighted by Gasteiger charge is 2.18. The van der Waals surface area contributed by atoms with Crippen LogP contribution in [0, 0.1) is 5.41 Å². The molecule has 0 aliphatic carbocycles. The first-order chi connectivity index (χ1) is 9.87. The van der Waals surface area contributed by atoms with Crippen LogP contribution in [0.4, 0.5) is 5.69 Å². The Kier molecular flexibility index (Phi) is 5.28. The molecule has 0 fully saturated rings. The second-order valence-corrected chi connectivity index (χ2v) is 7.49. The lowest BCUT2D eigenvalue weighted by Gasteiger charge is -2.29. The van der Waals surface area contributed by atoms with Gasteiger partial charge in [0, 0.05) is 38.9 Å². The Morgan fingerprint density at radius 2 is 2.05 bits per heavy atom. The van der Waals surface area contributed by atoms with Gasteiger partial charge in [-0.05, 0) is 49.5 Å². The Morgan fingerprint density at radius 3 is 2.76 bits per heavy atom. The third-order valence-corrected chi connectivity index (χ3v) is 4.17. The molecule has 3 nitrogen and oxygen atoms in total. The summed E-state index contributed by atoms with van der Waals surface area (Å²) >= 11 is 0. The summed E-state index contributed by atoms with van der Waals surface area (Å²) in [5.41, 5.74) is 4.64. The fourth-order valence-electron chi connectivity index (χ4n) is 3.41. The van der Waals surface area contributed by atoms with Gasteiger partial charge < -0.3 is 15.1 Å². The van der Waals surface area contributed by atoms with Crippen molar-refractivity contribution < 1.29 is 0 Å². The van der Waals surface area contributed by atoms with Crippen LogP contribution in [0.2, 0.25) is 0 Å². The van der Waals surface area contributed by atoms with Crippen LogP contribution in [0.25, 0.3) is 0 Å². The molecule has 1 heterocycles.